The van der Waals surface area contributed by atoms with Crippen molar-refractivity contribution in [2.45, 2.75) is 25.6 Å². The maximum atomic E-state index is 10.6. The minimum Gasteiger partial charge on any atom is -0.427 e. The Morgan fingerprint density at radius 2 is 2.42 bits per heavy atom. The monoisotopic (exact) mass is 171 g/mol. The van der Waals surface area contributed by atoms with E-state index >= 15 is 0 Å². The van der Waals surface area contributed by atoms with E-state index in [1.165, 1.54) is 0 Å². The van der Waals surface area contributed by atoms with Gasteiger partial charge < -0.3 is 14.2 Å². The molecule has 4 nitrogen and oxygen atoms in total. The predicted octanol–water partition coefficient (Wildman–Crippen LogP) is -0.465. The van der Waals surface area contributed by atoms with E-state index in [-0.39, 0.29) is 11.8 Å². The fraction of sp³-hybridized carbons (Fsp3) is 0.857. The lowest BCUT2D eigenvalue weighted by atomic mass is 10.1. The van der Waals surface area contributed by atoms with Crippen LogP contribution in [0.25, 0.3) is 0 Å². The molecule has 0 aromatic rings. The van der Waals surface area contributed by atoms with Gasteiger partial charge in [-0.25, -0.2) is 0 Å². The van der Waals surface area contributed by atoms with Crippen LogP contribution in [-0.4, -0.2) is 44.2 Å². The van der Waals surface area contributed by atoms with Crippen LogP contribution in [0.1, 0.15) is 13.8 Å². The lowest BCUT2D eigenvalue weighted by Crippen LogP contribution is -2.47. The SMILES string of the molecule is COBN1[C@@H](C=O)COC1(C)C. The predicted molar refractivity (Wildman–Crippen MR) is 45.9 cm³/mol. The molecule has 1 heterocycles. The number of hydrogen-bond donors (Lipinski definition) is 0. The average Bonchev–Trinajstić information content (AvgIpc) is 2.29. The van der Waals surface area contributed by atoms with Crippen LogP contribution in [0.2, 0.25) is 0 Å². The zero-order chi connectivity index (χ0) is 9.19. The highest BCUT2D eigenvalue weighted by Gasteiger charge is 2.40. The molecule has 0 spiro atoms. The molecule has 1 aliphatic heterocycles. The molecule has 1 aliphatic rings. The van der Waals surface area contributed by atoms with Gasteiger partial charge in [0.2, 0.25) is 0 Å². The zero-order valence-corrected chi connectivity index (χ0v) is 7.74. The van der Waals surface area contributed by atoms with Gasteiger partial charge in [0.05, 0.1) is 12.6 Å². The Kier molecular flexibility index (Phi) is 2.87. The number of carbonyl (C=O) groups excluding carboxylic acids is 1. The summed E-state index contributed by atoms with van der Waals surface area (Å²) in [7, 11) is 2.03. The van der Waals surface area contributed by atoms with Crippen LogP contribution in [0.5, 0.6) is 0 Å². The lowest BCUT2D eigenvalue weighted by Gasteiger charge is -2.30. The van der Waals surface area contributed by atoms with E-state index in [0.717, 1.165) is 6.29 Å². The highest BCUT2D eigenvalue weighted by molar-refractivity contribution is 6.24. The minimum absolute atomic E-state index is 0.167. The first-order chi connectivity index (χ1) is 5.61. The van der Waals surface area contributed by atoms with Gasteiger partial charge in [-0.1, -0.05) is 0 Å². The third-order valence-corrected chi connectivity index (χ3v) is 2.12. The molecular formula is C7H14BNO3. The molecule has 0 N–H and O–H groups in total. The fourth-order valence-electron chi connectivity index (χ4n) is 1.36. The molecule has 5 heteroatoms. The summed E-state index contributed by atoms with van der Waals surface area (Å²) in [5.41, 5.74) is -0.387. The summed E-state index contributed by atoms with van der Waals surface area (Å²) in [4.78, 5) is 12.5. The summed E-state index contributed by atoms with van der Waals surface area (Å²) in [6.45, 7) is 4.31. The molecule has 0 aliphatic carbocycles. The van der Waals surface area contributed by atoms with Crippen molar-refractivity contribution in [2.75, 3.05) is 13.7 Å². The third-order valence-electron chi connectivity index (χ3n) is 2.12. The Morgan fingerprint density at radius 3 is 2.92 bits per heavy atom. The van der Waals surface area contributed by atoms with Crippen molar-refractivity contribution in [3.05, 3.63) is 0 Å². The largest absolute Gasteiger partial charge is 0.427 e. The van der Waals surface area contributed by atoms with E-state index in [1.807, 2.05) is 18.7 Å². The van der Waals surface area contributed by atoms with E-state index in [0.29, 0.717) is 14.2 Å². The van der Waals surface area contributed by atoms with Crippen molar-refractivity contribution in [3.8, 4) is 0 Å². The minimum atomic E-state index is -0.387. The average molecular weight is 171 g/mol. The topological polar surface area (TPSA) is 38.8 Å². The molecule has 68 valence electrons. The number of hydrogen-bond acceptors (Lipinski definition) is 4. The number of ether oxygens (including phenoxy) is 1. The van der Waals surface area contributed by atoms with Crippen molar-refractivity contribution < 1.29 is 14.2 Å². The molecule has 0 saturated carbocycles. The Bertz CT molecular complexity index is 174. The molecule has 0 amide bonds. The number of nitrogens with zero attached hydrogens (tertiary/aromatic N) is 1. The van der Waals surface area contributed by atoms with Crippen molar-refractivity contribution >= 4 is 13.9 Å². The zero-order valence-electron chi connectivity index (χ0n) is 7.74. The Balaban J connectivity index is 2.66. The first-order valence-electron chi connectivity index (χ1n) is 3.97. The van der Waals surface area contributed by atoms with E-state index in [9.17, 15) is 4.79 Å². The molecule has 0 aromatic heterocycles. The highest BCUT2D eigenvalue weighted by Crippen LogP contribution is 2.24. The quantitative estimate of drug-likeness (QED) is 0.425. The molecule has 12 heavy (non-hydrogen) atoms. The molecule has 1 saturated heterocycles. The van der Waals surface area contributed by atoms with Crippen LogP contribution in [0, 0.1) is 0 Å². The van der Waals surface area contributed by atoms with Gasteiger partial charge in [-0.05, 0) is 13.8 Å². The molecule has 1 rings (SSSR count). The second kappa shape index (κ2) is 3.55. The summed E-state index contributed by atoms with van der Waals surface area (Å²) in [6, 6.07) is -0.167. The first kappa shape index (κ1) is 9.70. The summed E-state index contributed by atoms with van der Waals surface area (Å²) in [5, 5.41) is 0. The molecular weight excluding hydrogens is 157 g/mol. The molecule has 0 bridgehead atoms. The number of aldehydes is 1. The van der Waals surface area contributed by atoms with E-state index < -0.39 is 0 Å². The van der Waals surface area contributed by atoms with Gasteiger partial charge in [-0.3, -0.25) is 4.81 Å². The van der Waals surface area contributed by atoms with E-state index in [4.69, 9.17) is 9.39 Å². The van der Waals surface area contributed by atoms with Gasteiger partial charge in [0, 0.05) is 7.11 Å². The number of rotatable bonds is 3. The second-order valence-corrected chi connectivity index (χ2v) is 3.35. The van der Waals surface area contributed by atoms with Crippen molar-refractivity contribution in [3.63, 3.8) is 0 Å². The van der Waals surface area contributed by atoms with Crippen LogP contribution in [0.3, 0.4) is 0 Å². The smallest absolute Gasteiger partial charge is 0.366 e. The van der Waals surface area contributed by atoms with Gasteiger partial charge in [-0.15, -0.1) is 0 Å². The standard InChI is InChI=1S/C7H14BNO3/c1-7(2)9(8-11-3)6(4-10)5-12-7/h4,6,8H,5H2,1-3H3/t6-/m0/s1. The van der Waals surface area contributed by atoms with Gasteiger partial charge in [0.15, 0.2) is 0 Å². The van der Waals surface area contributed by atoms with Crippen LogP contribution in [0.15, 0.2) is 0 Å². The molecule has 1 atom stereocenters. The van der Waals surface area contributed by atoms with E-state index in [1.54, 1.807) is 7.11 Å². The summed E-state index contributed by atoms with van der Waals surface area (Å²) in [6.07, 6.45) is 0.897. The molecule has 0 aromatic carbocycles. The maximum Gasteiger partial charge on any atom is 0.366 e. The van der Waals surface area contributed by atoms with Crippen molar-refractivity contribution in [1.82, 2.24) is 4.81 Å². The fourth-order valence-corrected chi connectivity index (χ4v) is 1.36. The number of carbonyl (C=O) groups is 1. The van der Waals surface area contributed by atoms with Crippen LogP contribution >= 0.6 is 0 Å². The highest BCUT2D eigenvalue weighted by atomic mass is 16.5. The molecule has 0 unspecified atom stereocenters. The summed E-state index contributed by atoms with van der Waals surface area (Å²) >= 11 is 0. The second-order valence-electron chi connectivity index (χ2n) is 3.35. The normalized spacial score (nSPS) is 28.8. The van der Waals surface area contributed by atoms with Crippen molar-refractivity contribution in [1.29, 1.82) is 0 Å². The van der Waals surface area contributed by atoms with Gasteiger partial charge in [-0.2, -0.15) is 0 Å². The summed E-state index contributed by atoms with van der Waals surface area (Å²) < 4.78 is 10.4. The Morgan fingerprint density at radius 1 is 1.75 bits per heavy atom. The van der Waals surface area contributed by atoms with Gasteiger partial charge in [0.25, 0.3) is 0 Å². The first-order valence-corrected chi connectivity index (χ1v) is 3.97. The van der Waals surface area contributed by atoms with E-state index in [2.05, 4.69) is 0 Å². The van der Waals surface area contributed by atoms with Gasteiger partial charge in [0.1, 0.15) is 12.0 Å². The maximum absolute atomic E-state index is 10.6. The molecule has 0 radical (unpaired) electrons. The summed E-state index contributed by atoms with van der Waals surface area (Å²) in [5.74, 6) is 0. The Labute approximate surface area is 73.1 Å². The van der Waals surface area contributed by atoms with Crippen LogP contribution in [-0.2, 0) is 14.2 Å². The van der Waals surface area contributed by atoms with Gasteiger partial charge >= 0.3 is 7.62 Å². The van der Waals surface area contributed by atoms with Crippen LogP contribution < -0.4 is 0 Å². The molecule has 1 fully saturated rings. The Hall–Kier alpha value is -0.385. The third kappa shape index (κ3) is 1.68. The van der Waals surface area contributed by atoms with Crippen molar-refractivity contribution in [2.24, 2.45) is 0 Å². The lowest BCUT2D eigenvalue weighted by molar-refractivity contribution is -0.110. The van der Waals surface area contributed by atoms with Crippen LogP contribution in [0.4, 0.5) is 0 Å².